The van der Waals surface area contributed by atoms with E-state index in [1.807, 2.05) is 39.0 Å². The van der Waals surface area contributed by atoms with Crippen molar-refractivity contribution in [1.29, 1.82) is 0 Å². The lowest BCUT2D eigenvalue weighted by Gasteiger charge is -2.07. The average molecular weight is 242 g/mol. The van der Waals surface area contributed by atoms with Crippen LogP contribution in [0.2, 0.25) is 0 Å². The summed E-state index contributed by atoms with van der Waals surface area (Å²) in [6.45, 7) is 5.99. The normalized spacial score (nSPS) is 12.4. The van der Waals surface area contributed by atoms with Crippen molar-refractivity contribution >= 4 is 0 Å². The molecule has 0 aliphatic carbocycles. The van der Waals surface area contributed by atoms with E-state index in [0.29, 0.717) is 5.82 Å². The van der Waals surface area contributed by atoms with Crippen LogP contribution in [0.1, 0.15) is 23.9 Å². The Balaban J connectivity index is 2.38. The van der Waals surface area contributed by atoms with Crippen LogP contribution in [0.4, 0.5) is 0 Å². The van der Waals surface area contributed by atoms with Gasteiger partial charge in [0.15, 0.2) is 5.82 Å². The van der Waals surface area contributed by atoms with E-state index in [-0.39, 0.29) is 6.04 Å². The number of aromatic nitrogens is 3. The molecule has 0 aromatic carbocycles. The Morgan fingerprint density at radius 1 is 1.22 bits per heavy atom. The Morgan fingerprint density at radius 3 is 2.67 bits per heavy atom. The maximum absolute atomic E-state index is 5.79. The highest BCUT2D eigenvalue weighted by Crippen LogP contribution is 2.15. The molecule has 2 N–H and O–H groups in total. The monoisotopic (exact) mass is 242 g/mol. The third-order valence-corrected chi connectivity index (χ3v) is 2.57. The van der Waals surface area contributed by atoms with Gasteiger partial charge < -0.3 is 5.73 Å². The summed E-state index contributed by atoms with van der Waals surface area (Å²) >= 11 is 0. The molecule has 1 unspecified atom stereocenters. The first-order valence-electron chi connectivity index (χ1n) is 6.08. The second-order valence-electron chi connectivity index (χ2n) is 4.72. The molecule has 2 rings (SSSR count). The molecule has 0 saturated carbocycles. The molecule has 0 bridgehead atoms. The molecule has 0 aliphatic rings. The van der Waals surface area contributed by atoms with E-state index in [4.69, 9.17) is 5.73 Å². The number of nitrogens with zero attached hydrogens (tertiary/aromatic N) is 3. The summed E-state index contributed by atoms with van der Waals surface area (Å²) in [5.41, 5.74) is 9.70. The zero-order valence-corrected chi connectivity index (χ0v) is 11.0. The Morgan fingerprint density at radius 2 is 2.00 bits per heavy atom. The summed E-state index contributed by atoms with van der Waals surface area (Å²) in [5.74, 6) is 0.667. The Bertz CT molecular complexity index is 529. The van der Waals surface area contributed by atoms with Crippen LogP contribution in [-0.2, 0) is 6.42 Å². The Labute approximate surface area is 107 Å². The van der Waals surface area contributed by atoms with Crippen molar-refractivity contribution in [1.82, 2.24) is 15.0 Å². The molecule has 94 valence electrons. The number of hydrogen-bond donors (Lipinski definition) is 1. The SMILES string of the molecule is Cc1cc(C)nc(-c2nccc(CC(C)N)n2)c1. The standard InChI is InChI=1S/C14H18N4/c1-9-6-11(3)17-13(7-9)14-16-5-4-12(18-14)8-10(2)15/h4-7,10H,8,15H2,1-3H3. The summed E-state index contributed by atoms with van der Waals surface area (Å²) in [6, 6.07) is 6.03. The fourth-order valence-corrected chi connectivity index (χ4v) is 1.92. The van der Waals surface area contributed by atoms with Crippen molar-refractivity contribution < 1.29 is 0 Å². The lowest BCUT2D eigenvalue weighted by Crippen LogP contribution is -2.18. The van der Waals surface area contributed by atoms with Gasteiger partial charge in [-0.05, 0) is 44.5 Å². The topological polar surface area (TPSA) is 64.7 Å². The minimum Gasteiger partial charge on any atom is -0.328 e. The predicted octanol–water partition coefficient (Wildman–Crippen LogP) is 2.05. The number of pyridine rings is 1. The Kier molecular flexibility index (Phi) is 3.67. The largest absolute Gasteiger partial charge is 0.328 e. The second kappa shape index (κ2) is 5.23. The van der Waals surface area contributed by atoms with E-state index in [1.54, 1.807) is 6.20 Å². The van der Waals surface area contributed by atoms with Gasteiger partial charge in [0.05, 0.1) is 0 Å². The molecular formula is C14H18N4. The van der Waals surface area contributed by atoms with Crippen LogP contribution in [-0.4, -0.2) is 21.0 Å². The van der Waals surface area contributed by atoms with Crippen LogP contribution in [0.5, 0.6) is 0 Å². The molecule has 0 aliphatic heterocycles. The van der Waals surface area contributed by atoms with Crippen LogP contribution in [0.25, 0.3) is 11.5 Å². The third-order valence-electron chi connectivity index (χ3n) is 2.57. The first-order valence-corrected chi connectivity index (χ1v) is 6.08. The summed E-state index contributed by atoms with van der Waals surface area (Å²) in [6.07, 6.45) is 2.51. The van der Waals surface area contributed by atoms with Crippen molar-refractivity contribution in [2.24, 2.45) is 5.73 Å². The second-order valence-corrected chi connectivity index (χ2v) is 4.72. The van der Waals surface area contributed by atoms with Crippen LogP contribution >= 0.6 is 0 Å². The first kappa shape index (κ1) is 12.6. The smallest absolute Gasteiger partial charge is 0.178 e. The van der Waals surface area contributed by atoms with Gasteiger partial charge in [-0.3, -0.25) is 0 Å². The van der Waals surface area contributed by atoms with Gasteiger partial charge in [0.2, 0.25) is 0 Å². The molecular weight excluding hydrogens is 224 g/mol. The number of rotatable bonds is 3. The summed E-state index contributed by atoms with van der Waals surface area (Å²) in [5, 5.41) is 0. The molecule has 0 radical (unpaired) electrons. The van der Waals surface area contributed by atoms with Crippen molar-refractivity contribution in [3.63, 3.8) is 0 Å². The van der Waals surface area contributed by atoms with Gasteiger partial charge in [-0.15, -0.1) is 0 Å². The zero-order valence-electron chi connectivity index (χ0n) is 11.0. The minimum atomic E-state index is 0.0972. The molecule has 2 heterocycles. The summed E-state index contributed by atoms with van der Waals surface area (Å²) in [7, 11) is 0. The molecule has 2 aromatic rings. The van der Waals surface area contributed by atoms with Gasteiger partial charge in [-0.25, -0.2) is 15.0 Å². The maximum Gasteiger partial charge on any atom is 0.178 e. The summed E-state index contributed by atoms with van der Waals surface area (Å²) < 4.78 is 0. The average Bonchev–Trinajstić information content (AvgIpc) is 2.27. The molecule has 0 spiro atoms. The maximum atomic E-state index is 5.79. The predicted molar refractivity (Wildman–Crippen MR) is 72.1 cm³/mol. The molecule has 18 heavy (non-hydrogen) atoms. The van der Waals surface area contributed by atoms with Crippen LogP contribution in [0.15, 0.2) is 24.4 Å². The van der Waals surface area contributed by atoms with Gasteiger partial charge in [0.25, 0.3) is 0 Å². The lowest BCUT2D eigenvalue weighted by atomic mass is 10.2. The van der Waals surface area contributed by atoms with Crippen molar-refractivity contribution in [3.05, 3.63) is 41.3 Å². The molecule has 0 saturated heterocycles. The van der Waals surface area contributed by atoms with Gasteiger partial charge in [-0.2, -0.15) is 0 Å². The highest BCUT2D eigenvalue weighted by molar-refractivity contribution is 5.50. The van der Waals surface area contributed by atoms with E-state index < -0.39 is 0 Å². The van der Waals surface area contributed by atoms with E-state index in [0.717, 1.165) is 23.5 Å². The highest BCUT2D eigenvalue weighted by Gasteiger charge is 2.06. The highest BCUT2D eigenvalue weighted by atomic mass is 14.9. The third kappa shape index (κ3) is 3.11. The van der Waals surface area contributed by atoms with E-state index >= 15 is 0 Å². The van der Waals surface area contributed by atoms with E-state index in [2.05, 4.69) is 15.0 Å². The molecule has 0 fully saturated rings. The quantitative estimate of drug-likeness (QED) is 0.894. The molecule has 2 aromatic heterocycles. The van der Waals surface area contributed by atoms with Gasteiger partial charge in [-0.1, -0.05) is 0 Å². The van der Waals surface area contributed by atoms with Crippen molar-refractivity contribution in [3.8, 4) is 11.5 Å². The van der Waals surface area contributed by atoms with E-state index in [9.17, 15) is 0 Å². The molecule has 4 heteroatoms. The number of aryl methyl sites for hydroxylation is 2. The van der Waals surface area contributed by atoms with Crippen molar-refractivity contribution in [2.45, 2.75) is 33.2 Å². The molecule has 4 nitrogen and oxygen atoms in total. The van der Waals surface area contributed by atoms with Crippen molar-refractivity contribution in [2.75, 3.05) is 0 Å². The lowest BCUT2D eigenvalue weighted by molar-refractivity contribution is 0.720. The Hall–Kier alpha value is -1.81. The fraction of sp³-hybridized carbons (Fsp3) is 0.357. The first-order chi connectivity index (χ1) is 8.54. The fourth-order valence-electron chi connectivity index (χ4n) is 1.92. The number of nitrogens with two attached hydrogens (primary N) is 1. The zero-order chi connectivity index (χ0) is 13.1. The molecule has 1 atom stereocenters. The number of hydrogen-bond acceptors (Lipinski definition) is 4. The van der Waals surface area contributed by atoms with Gasteiger partial charge in [0.1, 0.15) is 5.69 Å². The van der Waals surface area contributed by atoms with E-state index in [1.165, 1.54) is 5.56 Å². The van der Waals surface area contributed by atoms with Crippen LogP contribution < -0.4 is 5.73 Å². The van der Waals surface area contributed by atoms with Crippen LogP contribution in [0.3, 0.4) is 0 Å². The van der Waals surface area contributed by atoms with Crippen LogP contribution in [0, 0.1) is 13.8 Å². The van der Waals surface area contributed by atoms with Gasteiger partial charge in [0, 0.05) is 30.0 Å². The summed E-state index contributed by atoms with van der Waals surface area (Å²) in [4.78, 5) is 13.3. The van der Waals surface area contributed by atoms with Gasteiger partial charge >= 0.3 is 0 Å². The molecule has 0 amide bonds. The minimum absolute atomic E-state index is 0.0972.